The van der Waals surface area contributed by atoms with E-state index < -0.39 is 17.7 Å². The number of carbonyl (C=O) groups is 1. The number of carbonyl (C=O) groups excluding carboxylic acids is 1. The number of nitrogens with one attached hydrogen (secondary N) is 2. The lowest BCUT2D eigenvalue weighted by Crippen LogP contribution is -2.65. The summed E-state index contributed by atoms with van der Waals surface area (Å²) >= 11 is 12.9. The Labute approximate surface area is 197 Å². The molecule has 2 aliphatic heterocycles. The number of aliphatic hydroxyl groups excluding tert-OH is 1. The molecule has 3 N–H and O–H groups in total. The summed E-state index contributed by atoms with van der Waals surface area (Å²) in [5.74, 6) is -0.264. The van der Waals surface area contributed by atoms with Crippen LogP contribution in [0.2, 0.25) is 10.0 Å². The lowest BCUT2D eigenvalue weighted by Gasteiger charge is -2.46. The molecular weight excluding hydrogens is 461 g/mol. The minimum atomic E-state index is -0.855. The van der Waals surface area contributed by atoms with E-state index in [1.54, 1.807) is 6.07 Å². The number of guanidine groups is 1. The Bertz CT molecular complexity index is 983. The normalized spacial score (nSPS) is 26.3. The van der Waals surface area contributed by atoms with E-state index in [4.69, 9.17) is 33.3 Å². The van der Waals surface area contributed by atoms with E-state index in [2.05, 4.69) is 5.32 Å². The molecule has 2 saturated heterocycles. The molecule has 0 aliphatic carbocycles. The van der Waals surface area contributed by atoms with Crippen molar-refractivity contribution < 1.29 is 14.6 Å². The Morgan fingerprint density at radius 1 is 1.26 bits per heavy atom. The van der Waals surface area contributed by atoms with Crippen molar-refractivity contribution in [3.8, 4) is 11.1 Å². The fourth-order valence-electron chi connectivity index (χ4n) is 4.24. The Kier molecular flexibility index (Phi) is 7.18. The zero-order chi connectivity index (χ0) is 21.5. The molecule has 2 aromatic carbocycles. The van der Waals surface area contributed by atoms with E-state index in [0.717, 1.165) is 16.7 Å². The molecule has 0 saturated carbocycles. The van der Waals surface area contributed by atoms with E-state index in [1.807, 2.05) is 43.3 Å². The fourth-order valence-corrected chi connectivity index (χ4v) is 4.88. The van der Waals surface area contributed by atoms with Crippen LogP contribution >= 0.6 is 35.6 Å². The van der Waals surface area contributed by atoms with E-state index in [0.29, 0.717) is 23.1 Å². The Morgan fingerprint density at radius 3 is 2.68 bits per heavy atom. The summed E-state index contributed by atoms with van der Waals surface area (Å²) in [6.07, 6.45) is -0.222. The molecule has 166 valence electrons. The molecule has 2 aliphatic rings. The summed E-state index contributed by atoms with van der Waals surface area (Å²) in [5, 5.41) is 23.0. The second kappa shape index (κ2) is 9.35. The van der Waals surface area contributed by atoms with E-state index in [1.165, 1.54) is 4.90 Å². The Morgan fingerprint density at radius 2 is 2.00 bits per heavy atom. The van der Waals surface area contributed by atoms with Gasteiger partial charge in [0.1, 0.15) is 0 Å². The molecular formula is C22H24Cl3N3O3. The van der Waals surface area contributed by atoms with Gasteiger partial charge < -0.3 is 15.2 Å². The minimum absolute atomic E-state index is 0. The van der Waals surface area contributed by atoms with E-state index >= 15 is 0 Å². The summed E-state index contributed by atoms with van der Waals surface area (Å²) in [7, 11) is 0. The average Bonchev–Trinajstić information content (AvgIpc) is 2.69. The number of benzene rings is 2. The highest BCUT2D eigenvalue weighted by Gasteiger charge is 2.45. The first kappa shape index (κ1) is 23.8. The van der Waals surface area contributed by atoms with Crippen LogP contribution in [-0.2, 0) is 15.1 Å². The van der Waals surface area contributed by atoms with Crippen LogP contribution in [0.5, 0.6) is 0 Å². The van der Waals surface area contributed by atoms with Crippen LogP contribution in [0.25, 0.3) is 11.1 Å². The first-order valence-corrected chi connectivity index (χ1v) is 10.6. The van der Waals surface area contributed by atoms with Crippen molar-refractivity contribution in [3.05, 3.63) is 58.1 Å². The number of nitrogens with zero attached hydrogens (tertiary/aromatic N) is 1. The molecule has 0 aromatic heterocycles. The molecule has 4 rings (SSSR count). The van der Waals surface area contributed by atoms with Crippen LogP contribution in [0, 0.1) is 5.41 Å². The van der Waals surface area contributed by atoms with Gasteiger partial charge in [0.15, 0.2) is 5.96 Å². The third kappa shape index (κ3) is 4.54. The standard InChI is InChI=1S/C22H23Cl2N3O3.ClH/c1-22(11-19(29)27(21(25)26-22)17-8-9-30-12-18(17)28)16-7-3-6-15(20(16)24)13-4-2-5-14(23)10-13;/h2-7,10,17-18,28H,8-9,11-12H2,1H3,(H2,25,26);1H/t17-,18-,22+;/m1./s1. The quantitative estimate of drug-likeness (QED) is 0.609. The monoisotopic (exact) mass is 483 g/mol. The molecule has 0 radical (unpaired) electrons. The van der Waals surface area contributed by atoms with Crippen molar-refractivity contribution in [1.29, 1.82) is 5.41 Å². The number of ether oxygens (including phenoxy) is 1. The molecule has 0 bridgehead atoms. The first-order valence-electron chi connectivity index (χ1n) is 9.80. The van der Waals surface area contributed by atoms with Crippen molar-refractivity contribution in [1.82, 2.24) is 10.2 Å². The molecule has 2 heterocycles. The van der Waals surface area contributed by atoms with E-state index in [9.17, 15) is 9.90 Å². The maximum atomic E-state index is 13.1. The maximum Gasteiger partial charge on any atom is 0.232 e. The highest BCUT2D eigenvalue weighted by atomic mass is 35.5. The predicted octanol–water partition coefficient (Wildman–Crippen LogP) is 4.20. The molecule has 0 spiro atoms. The number of hydrogen-bond donors (Lipinski definition) is 3. The van der Waals surface area contributed by atoms with Crippen molar-refractivity contribution >= 4 is 47.5 Å². The minimum Gasteiger partial charge on any atom is -0.389 e. The average molecular weight is 485 g/mol. The molecule has 0 unspecified atom stereocenters. The zero-order valence-corrected chi connectivity index (χ0v) is 19.2. The first-order chi connectivity index (χ1) is 14.3. The fraction of sp³-hybridized carbons (Fsp3) is 0.364. The highest BCUT2D eigenvalue weighted by Crippen LogP contribution is 2.40. The third-order valence-electron chi connectivity index (χ3n) is 5.76. The van der Waals surface area contributed by atoms with Crippen LogP contribution in [-0.4, -0.2) is 47.2 Å². The highest BCUT2D eigenvalue weighted by molar-refractivity contribution is 6.34. The van der Waals surface area contributed by atoms with Crippen molar-refractivity contribution in [2.24, 2.45) is 0 Å². The van der Waals surface area contributed by atoms with Gasteiger partial charge in [0.2, 0.25) is 5.91 Å². The van der Waals surface area contributed by atoms with Gasteiger partial charge in [0.05, 0.1) is 35.7 Å². The van der Waals surface area contributed by atoms with Gasteiger partial charge in [0, 0.05) is 17.2 Å². The lowest BCUT2D eigenvalue weighted by molar-refractivity contribution is -0.138. The van der Waals surface area contributed by atoms with Crippen molar-refractivity contribution in [3.63, 3.8) is 0 Å². The number of amides is 1. The SMILES string of the molecule is C[C@@]1(c2cccc(-c3cccc(Cl)c3)c2Cl)CC(=O)N([C@@H]2CCOC[C@H]2O)C(=N)N1.Cl. The molecule has 3 atom stereocenters. The maximum absolute atomic E-state index is 13.1. The van der Waals surface area contributed by atoms with Gasteiger partial charge in [-0.1, -0.05) is 53.5 Å². The van der Waals surface area contributed by atoms with E-state index in [-0.39, 0.29) is 37.3 Å². The molecule has 2 fully saturated rings. The van der Waals surface area contributed by atoms with Gasteiger partial charge in [0.25, 0.3) is 0 Å². The Hall–Kier alpha value is -1.83. The van der Waals surface area contributed by atoms with Crippen molar-refractivity contribution in [2.75, 3.05) is 13.2 Å². The molecule has 31 heavy (non-hydrogen) atoms. The predicted molar refractivity (Wildman–Crippen MR) is 124 cm³/mol. The van der Waals surface area contributed by atoms with Crippen LogP contribution in [0.3, 0.4) is 0 Å². The zero-order valence-electron chi connectivity index (χ0n) is 16.9. The molecule has 2 aromatic rings. The number of halogens is 3. The second-order valence-electron chi connectivity index (χ2n) is 7.92. The molecule has 9 heteroatoms. The summed E-state index contributed by atoms with van der Waals surface area (Å²) in [4.78, 5) is 14.4. The van der Waals surface area contributed by atoms with Gasteiger partial charge in [-0.3, -0.25) is 15.1 Å². The van der Waals surface area contributed by atoms with Gasteiger partial charge in [-0.15, -0.1) is 12.4 Å². The number of rotatable bonds is 3. The summed E-state index contributed by atoms with van der Waals surface area (Å²) in [6.45, 7) is 2.47. The smallest absolute Gasteiger partial charge is 0.232 e. The summed E-state index contributed by atoms with van der Waals surface area (Å²) < 4.78 is 5.26. The van der Waals surface area contributed by atoms with Crippen molar-refractivity contribution in [2.45, 2.75) is 37.5 Å². The molecule has 6 nitrogen and oxygen atoms in total. The second-order valence-corrected chi connectivity index (χ2v) is 8.74. The van der Waals surface area contributed by atoms with Crippen LogP contribution in [0.4, 0.5) is 0 Å². The van der Waals surface area contributed by atoms with Crippen LogP contribution in [0.1, 0.15) is 25.3 Å². The number of hydrogen-bond acceptors (Lipinski definition) is 4. The summed E-state index contributed by atoms with van der Waals surface area (Å²) in [5.41, 5.74) is 1.56. The Balaban J connectivity index is 0.00000272. The largest absolute Gasteiger partial charge is 0.389 e. The van der Waals surface area contributed by atoms with Gasteiger partial charge in [-0.25, -0.2) is 0 Å². The topological polar surface area (TPSA) is 85.7 Å². The molecule has 1 amide bonds. The third-order valence-corrected chi connectivity index (χ3v) is 6.40. The van der Waals surface area contributed by atoms with Crippen LogP contribution < -0.4 is 5.32 Å². The summed E-state index contributed by atoms with van der Waals surface area (Å²) in [6, 6.07) is 12.6. The number of aliphatic hydroxyl groups is 1. The van der Waals surface area contributed by atoms with Gasteiger partial charge in [-0.2, -0.15) is 0 Å². The van der Waals surface area contributed by atoms with Crippen LogP contribution in [0.15, 0.2) is 42.5 Å². The van der Waals surface area contributed by atoms with Gasteiger partial charge in [-0.05, 0) is 36.6 Å². The lowest BCUT2D eigenvalue weighted by atomic mass is 9.84. The van der Waals surface area contributed by atoms with Gasteiger partial charge >= 0.3 is 0 Å².